The molecule has 0 radical (unpaired) electrons. The van der Waals surface area contributed by atoms with Crippen LogP contribution in [-0.2, 0) is 6.54 Å². The molecular formula is C37H44N6O5. The van der Waals surface area contributed by atoms with Crippen molar-refractivity contribution in [3.8, 4) is 17.2 Å². The quantitative estimate of drug-likeness (QED) is 0.125. The highest BCUT2D eigenvalue weighted by Gasteiger charge is 2.18. The number of hydrogen-bond acceptors (Lipinski definition) is 6. The first-order valence-electron chi connectivity index (χ1n) is 16.4. The van der Waals surface area contributed by atoms with Gasteiger partial charge in [-0.25, -0.2) is 4.79 Å². The summed E-state index contributed by atoms with van der Waals surface area (Å²) >= 11 is 0. The van der Waals surface area contributed by atoms with E-state index in [0.29, 0.717) is 28.4 Å². The van der Waals surface area contributed by atoms with Gasteiger partial charge in [-0.05, 0) is 104 Å². The number of aromatic nitrogens is 1. The van der Waals surface area contributed by atoms with Crippen LogP contribution in [0.4, 0.5) is 16.2 Å². The topological polar surface area (TPSA) is 137 Å². The van der Waals surface area contributed by atoms with Gasteiger partial charge in [-0.15, -0.1) is 0 Å². The molecule has 11 nitrogen and oxygen atoms in total. The lowest BCUT2D eigenvalue weighted by Crippen LogP contribution is -2.37. The third-order valence-corrected chi connectivity index (χ3v) is 8.51. The third kappa shape index (κ3) is 9.02. The third-order valence-electron chi connectivity index (χ3n) is 8.51. The van der Waals surface area contributed by atoms with Crippen molar-refractivity contribution in [1.82, 2.24) is 20.1 Å². The van der Waals surface area contributed by atoms with Crippen LogP contribution in [0.15, 0.2) is 85.2 Å². The number of piperidine rings is 1. The highest BCUT2D eigenvalue weighted by molar-refractivity contribution is 6.04. The van der Waals surface area contributed by atoms with Gasteiger partial charge in [-0.3, -0.25) is 14.5 Å². The summed E-state index contributed by atoms with van der Waals surface area (Å²) in [7, 11) is 1.53. The predicted octanol–water partition coefficient (Wildman–Crippen LogP) is 6.15. The molecular weight excluding hydrogens is 608 g/mol. The van der Waals surface area contributed by atoms with Crippen LogP contribution in [0, 0.1) is 0 Å². The largest absolute Gasteiger partial charge is 0.457 e. The number of ether oxygens (including phenoxy) is 1. The van der Waals surface area contributed by atoms with Crippen molar-refractivity contribution in [2.45, 2.75) is 58.2 Å². The van der Waals surface area contributed by atoms with Crippen molar-refractivity contribution in [2.75, 3.05) is 30.8 Å². The van der Waals surface area contributed by atoms with Crippen molar-refractivity contribution in [1.29, 1.82) is 0 Å². The molecule has 1 aliphatic rings. The van der Waals surface area contributed by atoms with Crippen molar-refractivity contribution in [3.63, 3.8) is 0 Å². The normalized spacial score (nSPS) is 13.6. The number of hydrogen-bond donors (Lipinski definition) is 5. The van der Waals surface area contributed by atoms with E-state index in [2.05, 4.69) is 38.4 Å². The van der Waals surface area contributed by atoms with Gasteiger partial charge < -0.3 is 35.7 Å². The Bertz CT molecular complexity index is 1690. The van der Waals surface area contributed by atoms with Crippen molar-refractivity contribution >= 4 is 29.2 Å². The molecule has 4 aromatic rings. The molecule has 5 rings (SSSR count). The van der Waals surface area contributed by atoms with E-state index in [-0.39, 0.29) is 35.6 Å². The summed E-state index contributed by atoms with van der Waals surface area (Å²) in [5.74, 6) is 0.186. The molecule has 0 unspecified atom stereocenters. The fourth-order valence-electron chi connectivity index (χ4n) is 5.61. The zero-order valence-electron chi connectivity index (χ0n) is 27.7. The van der Waals surface area contributed by atoms with E-state index >= 15 is 0 Å². The summed E-state index contributed by atoms with van der Waals surface area (Å²) in [5, 5.41) is 21.0. The Labute approximate surface area is 281 Å². The summed E-state index contributed by atoms with van der Waals surface area (Å²) in [4.78, 5) is 40.4. The van der Waals surface area contributed by atoms with Crippen LogP contribution in [0.3, 0.4) is 0 Å². The summed E-state index contributed by atoms with van der Waals surface area (Å²) in [6.07, 6.45) is 7.21. The molecule has 1 aliphatic heterocycles. The Morgan fingerprint density at radius 1 is 0.875 bits per heavy atom. The highest BCUT2D eigenvalue weighted by atomic mass is 16.5. The molecule has 1 fully saturated rings. The van der Waals surface area contributed by atoms with Crippen LogP contribution in [0.2, 0.25) is 0 Å². The number of rotatable bonds is 12. The van der Waals surface area contributed by atoms with Gasteiger partial charge in [0.05, 0.1) is 11.7 Å². The fourth-order valence-corrected chi connectivity index (χ4v) is 5.61. The number of urea groups is 1. The van der Waals surface area contributed by atoms with E-state index in [0.717, 1.165) is 51.0 Å². The van der Waals surface area contributed by atoms with E-state index in [9.17, 15) is 19.5 Å². The molecule has 11 heteroatoms. The highest BCUT2D eigenvalue weighted by Crippen LogP contribution is 2.29. The first kappa shape index (κ1) is 34.2. The maximum atomic E-state index is 13.0. The number of aliphatic hydroxyl groups excluding tert-OH is 1. The molecule has 2 heterocycles. The van der Waals surface area contributed by atoms with Gasteiger partial charge in [0.15, 0.2) is 0 Å². The summed E-state index contributed by atoms with van der Waals surface area (Å²) in [6, 6.07) is 21.0. The number of likely N-dealkylation sites (tertiary alicyclic amines) is 1. The second-order valence-electron chi connectivity index (χ2n) is 12.0. The van der Waals surface area contributed by atoms with Gasteiger partial charge in [0.2, 0.25) is 0 Å². The summed E-state index contributed by atoms with van der Waals surface area (Å²) in [5.41, 5.74) is 4.00. The van der Waals surface area contributed by atoms with Crippen LogP contribution >= 0.6 is 0 Å². The molecule has 3 aromatic carbocycles. The lowest BCUT2D eigenvalue weighted by Gasteiger charge is -2.29. The first-order valence-corrected chi connectivity index (χ1v) is 16.4. The Hall–Kier alpha value is -5.13. The molecule has 0 saturated carbocycles. The van der Waals surface area contributed by atoms with Crippen LogP contribution < -0.4 is 26.0 Å². The van der Waals surface area contributed by atoms with E-state index in [1.165, 1.54) is 12.6 Å². The number of carbonyl (C=O) groups excluding carboxylic acids is 3. The number of anilines is 2. The van der Waals surface area contributed by atoms with E-state index < -0.39 is 0 Å². The smallest absolute Gasteiger partial charge is 0.319 e. The number of amides is 4. The molecule has 1 saturated heterocycles. The van der Waals surface area contributed by atoms with Gasteiger partial charge in [0.25, 0.3) is 11.8 Å². The molecule has 252 valence electrons. The standard InChI is InChI=1S/C37H44N6O5/c1-4-27(5-2)40-37(47)41-29-10-15-34(33(22-29)36(46)38-3)48-32-13-8-28(9-14-32)39-35(45)26-6-11-30(12-7-26)43-21-16-25(24-43)23-42-19-17-31(44)18-20-42/h6-16,21-22,24,27,31,44H,4-5,17-20,23H2,1-3H3,(H,38,46)(H,39,45)(H2,40,41,47). The van der Waals surface area contributed by atoms with Gasteiger partial charge in [-0.2, -0.15) is 0 Å². The molecule has 0 atom stereocenters. The zero-order chi connectivity index (χ0) is 34.0. The lowest BCUT2D eigenvalue weighted by atomic mass is 10.1. The van der Waals surface area contributed by atoms with E-state index in [1.54, 1.807) is 54.6 Å². The van der Waals surface area contributed by atoms with Crippen LogP contribution in [-0.4, -0.2) is 64.7 Å². The van der Waals surface area contributed by atoms with Gasteiger partial charge in [-0.1, -0.05) is 13.8 Å². The molecule has 0 spiro atoms. The Balaban J connectivity index is 1.17. The summed E-state index contributed by atoms with van der Waals surface area (Å²) < 4.78 is 8.06. The Morgan fingerprint density at radius 2 is 1.56 bits per heavy atom. The van der Waals surface area contributed by atoms with Gasteiger partial charge in [0, 0.05) is 67.7 Å². The average molecular weight is 653 g/mol. The average Bonchev–Trinajstić information content (AvgIpc) is 3.57. The summed E-state index contributed by atoms with van der Waals surface area (Å²) in [6.45, 7) is 6.67. The SMILES string of the molecule is CCC(CC)NC(=O)Nc1ccc(Oc2ccc(NC(=O)c3ccc(-n4ccc(CN5CCC(O)CC5)c4)cc3)cc2)c(C(=O)NC)c1. The zero-order valence-corrected chi connectivity index (χ0v) is 27.7. The molecule has 0 aliphatic carbocycles. The number of carbonyl (C=O) groups is 3. The molecule has 0 bridgehead atoms. The van der Waals surface area contributed by atoms with Crippen LogP contribution in [0.25, 0.3) is 5.69 Å². The maximum absolute atomic E-state index is 13.0. The first-order chi connectivity index (χ1) is 23.2. The van der Waals surface area contributed by atoms with Crippen LogP contribution in [0.1, 0.15) is 65.8 Å². The van der Waals surface area contributed by atoms with E-state index in [4.69, 9.17) is 4.74 Å². The Kier molecular flexibility index (Phi) is 11.5. The van der Waals surface area contributed by atoms with E-state index in [1.807, 2.05) is 36.7 Å². The number of benzene rings is 3. The second-order valence-corrected chi connectivity index (χ2v) is 12.0. The predicted molar refractivity (Wildman–Crippen MR) is 187 cm³/mol. The molecule has 4 amide bonds. The van der Waals surface area contributed by atoms with Gasteiger partial charge in [0.1, 0.15) is 11.5 Å². The molecule has 5 N–H and O–H groups in total. The van der Waals surface area contributed by atoms with Crippen molar-refractivity contribution in [2.24, 2.45) is 0 Å². The Morgan fingerprint density at radius 3 is 2.23 bits per heavy atom. The number of aliphatic hydroxyl groups is 1. The number of nitrogens with zero attached hydrogens (tertiary/aromatic N) is 2. The maximum Gasteiger partial charge on any atom is 0.319 e. The fraction of sp³-hybridized carbons (Fsp3) is 0.324. The minimum Gasteiger partial charge on any atom is -0.457 e. The van der Waals surface area contributed by atoms with Crippen molar-refractivity contribution in [3.05, 3.63) is 102 Å². The lowest BCUT2D eigenvalue weighted by molar-refractivity contribution is 0.0792. The minimum absolute atomic E-state index is 0.0658. The molecule has 1 aromatic heterocycles. The minimum atomic E-state index is -0.361. The van der Waals surface area contributed by atoms with Crippen LogP contribution in [0.5, 0.6) is 11.5 Å². The molecule has 48 heavy (non-hydrogen) atoms. The second kappa shape index (κ2) is 16.1. The van der Waals surface area contributed by atoms with Crippen molar-refractivity contribution < 1.29 is 24.2 Å². The van der Waals surface area contributed by atoms with Gasteiger partial charge >= 0.3 is 6.03 Å². The number of nitrogens with one attached hydrogen (secondary N) is 4. The monoisotopic (exact) mass is 652 g/mol.